The second-order valence-corrected chi connectivity index (χ2v) is 11.5. The predicted octanol–water partition coefficient (Wildman–Crippen LogP) is 7.38. The van der Waals surface area contributed by atoms with Gasteiger partial charge in [-0.15, -0.1) is 11.3 Å². The van der Waals surface area contributed by atoms with Crippen LogP contribution in [0.5, 0.6) is 0 Å². The lowest BCUT2D eigenvalue weighted by Gasteiger charge is -2.36. The number of thiophene rings is 1. The van der Waals surface area contributed by atoms with Gasteiger partial charge < -0.3 is 9.30 Å². The van der Waals surface area contributed by atoms with Crippen LogP contribution in [0.25, 0.3) is 21.1 Å². The van der Waals surface area contributed by atoms with E-state index in [0.29, 0.717) is 37.4 Å². The van der Waals surface area contributed by atoms with Gasteiger partial charge in [-0.1, -0.05) is 11.6 Å². The highest BCUT2D eigenvalue weighted by molar-refractivity contribution is 7.17. The Balaban J connectivity index is 1.24. The summed E-state index contributed by atoms with van der Waals surface area (Å²) in [6.07, 6.45) is -2.48. The number of fused-ring (bicyclic) bond motifs is 2. The Hall–Kier alpha value is -3.29. The lowest BCUT2D eigenvalue weighted by atomic mass is 9.78. The van der Waals surface area contributed by atoms with E-state index in [0.717, 1.165) is 22.1 Å². The van der Waals surface area contributed by atoms with Crippen molar-refractivity contribution in [2.75, 3.05) is 6.54 Å². The topological polar surface area (TPSA) is 71.2 Å². The molecule has 2 aliphatic rings. The van der Waals surface area contributed by atoms with Crippen LogP contribution < -0.4 is 0 Å². The van der Waals surface area contributed by atoms with Gasteiger partial charge in [-0.3, -0.25) is 4.90 Å². The minimum atomic E-state index is -4.64. The summed E-state index contributed by atoms with van der Waals surface area (Å²) >= 11 is 7.77. The Morgan fingerprint density at radius 1 is 1.26 bits per heavy atom. The maximum atomic E-state index is 13.9. The molecule has 0 unspecified atom stereocenters. The van der Waals surface area contributed by atoms with Crippen molar-refractivity contribution in [3.05, 3.63) is 63.8 Å². The molecule has 0 bridgehead atoms. The molecule has 1 spiro atoms. The van der Waals surface area contributed by atoms with Crippen LogP contribution >= 0.6 is 22.9 Å². The normalized spacial score (nSPS) is 21.9. The lowest BCUT2D eigenvalue weighted by molar-refractivity contribution is -0.147. The minimum Gasteiger partial charge on any atom is -0.441 e. The van der Waals surface area contributed by atoms with Gasteiger partial charge in [0.1, 0.15) is 5.60 Å². The van der Waals surface area contributed by atoms with Crippen molar-refractivity contribution in [3.63, 3.8) is 0 Å². The Kier molecular flexibility index (Phi) is 6.04. The molecule has 3 heterocycles. The molecule has 4 aromatic rings. The molecule has 1 aliphatic heterocycles. The number of nitriles is 1. The summed E-state index contributed by atoms with van der Waals surface area (Å²) in [6.45, 7) is 0.843. The largest absolute Gasteiger partial charge is 0.449 e. The Morgan fingerprint density at radius 3 is 2.89 bits per heavy atom. The van der Waals surface area contributed by atoms with Crippen LogP contribution in [0.4, 0.5) is 18.0 Å². The van der Waals surface area contributed by atoms with E-state index in [1.54, 1.807) is 16.2 Å². The molecule has 2 fully saturated rings. The second kappa shape index (κ2) is 9.17. The number of ether oxygens (including phenoxy) is 1. The number of carbonyl (C=O) groups is 1. The van der Waals surface area contributed by atoms with Gasteiger partial charge >= 0.3 is 12.3 Å². The van der Waals surface area contributed by atoms with Gasteiger partial charge in [0.25, 0.3) is 0 Å². The number of imidazole rings is 1. The fourth-order valence-corrected chi connectivity index (χ4v) is 6.99. The van der Waals surface area contributed by atoms with Crippen molar-refractivity contribution >= 4 is 50.2 Å². The fourth-order valence-electron chi connectivity index (χ4n) is 5.88. The molecule has 11 heteroatoms. The molecule has 2 aromatic carbocycles. The third-order valence-electron chi connectivity index (χ3n) is 7.50. The molecular weight excluding hydrogens is 537 g/mol. The summed E-state index contributed by atoms with van der Waals surface area (Å²) in [5.41, 5.74) is 1.00. The third-order valence-corrected chi connectivity index (χ3v) is 8.74. The molecule has 1 aliphatic carbocycles. The van der Waals surface area contributed by atoms with Gasteiger partial charge in [-0.2, -0.15) is 18.4 Å². The monoisotopic (exact) mass is 558 g/mol. The average Bonchev–Trinajstić information content (AvgIpc) is 3.53. The van der Waals surface area contributed by atoms with Crippen LogP contribution in [0.2, 0.25) is 5.02 Å². The second-order valence-electron chi connectivity index (χ2n) is 10.1. The van der Waals surface area contributed by atoms with Crippen LogP contribution in [-0.4, -0.2) is 32.7 Å². The summed E-state index contributed by atoms with van der Waals surface area (Å²) < 4.78 is 49.9. The molecule has 2 aromatic heterocycles. The standard InChI is InChI=1S/C27H22ClF3N4O2S/c28-19-4-6-23-20(9-19)18(14-38-23)13-34-15-26(37-25(34)36)7-1-2-17(10-26)12-35-22-8-16(11-32)3-5-21(22)33-24(35)27(29,30)31/h3-6,8-9,14,17H,1-2,7,10,12-13,15H2/t17-,26-/m0/s1. The molecule has 1 saturated carbocycles. The van der Waals surface area contributed by atoms with Crippen LogP contribution in [0.1, 0.15) is 42.6 Å². The molecule has 1 saturated heterocycles. The van der Waals surface area contributed by atoms with E-state index in [-0.39, 0.29) is 29.1 Å². The number of halogens is 4. The number of benzene rings is 2. The average molecular weight is 559 g/mol. The van der Waals surface area contributed by atoms with E-state index in [9.17, 15) is 23.2 Å². The number of carbonyl (C=O) groups excluding carboxylic acids is 1. The highest BCUT2D eigenvalue weighted by Crippen LogP contribution is 2.42. The van der Waals surface area contributed by atoms with Gasteiger partial charge in [0.15, 0.2) is 0 Å². The van der Waals surface area contributed by atoms with Gasteiger partial charge in [0, 0.05) is 16.3 Å². The lowest BCUT2D eigenvalue weighted by Crippen LogP contribution is -2.40. The van der Waals surface area contributed by atoms with E-state index in [2.05, 4.69) is 4.98 Å². The zero-order valence-corrected chi connectivity index (χ0v) is 21.7. The molecule has 0 N–H and O–H groups in total. The van der Waals surface area contributed by atoms with E-state index >= 15 is 0 Å². The first-order chi connectivity index (χ1) is 18.1. The molecule has 38 heavy (non-hydrogen) atoms. The quantitative estimate of drug-likeness (QED) is 0.262. The van der Waals surface area contributed by atoms with Gasteiger partial charge in [-0.25, -0.2) is 9.78 Å². The summed E-state index contributed by atoms with van der Waals surface area (Å²) in [7, 11) is 0. The highest BCUT2D eigenvalue weighted by atomic mass is 35.5. The van der Waals surface area contributed by atoms with Crippen molar-refractivity contribution in [2.24, 2.45) is 5.92 Å². The Bertz CT molecular complexity index is 1610. The number of nitrogens with zero attached hydrogens (tertiary/aromatic N) is 4. The van der Waals surface area contributed by atoms with E-state index in [1.165, 1.54) is 22.8 Å². The van der Waals surface area contributed by atoms with Gasteiger partial charge in [-0.05, 0) is 84.3 Å². The first-order valence-electron chi connectivity index (χ1n) is 12.3. The minimum absolute atomic E-state index is 0.0766. The Morgan fingerprint density at radius 2 is 2.11 bits per heavy atom. The van der Waals surface area contributed by atoms with Crippen molar-refractivity contribution < 1.29 is 22.7 Å². The highest BCUT2D eigenvalue weighted by Gasteiger charge is 2.48. The third kappa shape index (κ3) is 4.48. The fraction of sp³-hybridized carbons (Fsp3) is 0.370. The first kappa shape index (κ1) is 25.0. The van der Waals surface area contributed by atoms with Crippen LogP contribution in [0, 0.1) is 17.2 Å². The van der Waals surface area contributed by atoms with Crippen molar-refractivity contribution in [1.29, 1.82) is 5.26 Å². The Labute approximate surface area is 225 Å². The maximum absolute atomic E-state index is 13.9. The van der Waals surface area contributed by atoms with E-state index in [4.69, 9.17) is 16.3 Å². The van der Waals surface area contributed by atoms with E-state index in [1.807, 2.05) is 29.6 Å². The summed E-state index contributed by atoms with van der Waals surface area (Å²) in [6, 6.07) is 12.0. The number of aromatic nitrogens is 2. The first-order valence-corrected chi connectivity index (χ1v) is 13.5. The zero-order chi connectivity index (χ0) is 26.7. The predicted molar refractivity (Wildman–Crippen MR) is 138 cm³/mol. The van der Waals surface area contributed by atoms with Crippen molar-refractivity contribution in [1.82, 2.24) is 14.5 Å². The molecule has 2 atom stereocenters. The molecule has 0 radical (unpaired) electrons. The molecule has 1 amide bonds. The number of rotatable bonds is 4. The number of hydrogen-bond acceptors (Lipinski definition) is 5. The zero-order valence-electron chi connectivity index (χ0n) is 20.1. The van der Waals surface area contributed by atoms with Gasteiger partial charge in [0.2, 0.25) is 5.82 Å². The van der Waals surface area contributed by atoms with Crippen LogP contribution in [0.3, 0.4) is 0 Å². The molecule has 196 valence electrons. The van der Waals surface area contributed by atoms with Crippen molar-refractivity contribution in [2.45, 2.75) is 50.6 Å². The van der Waals surface area contributed by atoms with Gasteiger partial charge in [0.05, 0.1) is 35.8 Å². The van der Waals surface area contributed by atoms with Crippen molar-refractivity contribution in [3.8, 4) is 6.07 Å². The van der Waals surface area contributed by atoms with Crippen LogP contribution in [-0.2, 0) is 24.0 Å². The number of hydrogen-bond donors (Lipinski definition) is 0. The summed E-state index contributed by atoms with van der Waals surface area (Å²) in [4.78, 5) is 18.4. The maximum Gasteiger partial charge on any atom is 0.449 e. The number of alkyl halides is 3. The molecule has 6 rings (SSSR count). The summed E-state index contributed by atoms with van der Waals surface area (Å²) in [5.74, 6) is -1.13. The smallest absolute Gasteiger partial charge is 0.441 e. The molecular formula is C27H22ClF3N4O2S. The SMILES string of the molecule is N#Cc1ccc2nc(C(F)(F)F)n(C[C@H]3CCC[C@]4(C3)CN(Cc3csc5ccc(Cl)cc35)C(=O)O4)c2c1. The van der Waals surface area contributed by atoms with E-state index < -0.39 is 23.7 Å². The number of amides is 1. The van der Waals surface area contributed by atoms with Crippen LogP contribution in [0.15, 0.2) is 41.8 Å². The molecule has 6 nitrogen and oxygen atoms in total. The summed E-state index contributed by atoms with van der Waals surface area (Å²) in [5, 5.41) is 12.9.